The Morgan fingerprint density at radius 3 is 2.63 bits per heavy atom. The summed E-state index contributed by atoms with van der Waals surface area (Å²) in [6, 6.07) is 0.729. The molecule has 19 heavy (non-hydrogen) atoms. The molecule has 0 radical (unpaired) electrons. The van der Waals surface area contributed by atoms with Crippen LogP contribution in [0.25, 0.3) is 0 Å². The van der Waals surface area contributed by atoms with Gasteiger partial charge in [0.15, 0.2) is 0 Å². The van der Waals surface area contributed by atoms with Crippen molar-refractivity contribution in [2.45, 2.75) is 51.0 Å². The Morgan fingerprint density at radius 2 is 1.89 bits per heavy atom. The van der Waals surface area contributed by atoms with Gasteiger partial charge in [-0.15, -0.1) is 0 Å². The van der Waals surface area contributed by atoms with Crippen LogP contribution in [0.5, 0.6) is 0 Å². The van der Waals surface area contributed by atoms with E-state index in [1.165, 1.54) is 58.0 Å². The Kier molecular flexibility index (Phi) is 6.62. The van der Waals surface area contributed by atoms with Crippen LogP contribution >= 0.6 is 0 Å². The molecular formula is C16H32N2O. The van der Waals surface area contributed by atoms with Gasteiger partial charge in [0.05, 0.1) is 6.61 Å². The van der Waals surface area contributed by atoms with Crippen molar-refractivity contribution >= 4 is 0 Å². The van der Waals surface area contributed by atoms with Gasteiger partial charge in [0.25, 0.3) is 0 Å². The first-order valence-corrected chi connectivity index (χ1v) is 8.23. The van der Waals surface area contributed by atoms with Crippen molar-refractivity contribution in [3.05, 3.63) is 0 Å². The summed E-state index contributed by atoms with van der Waals surface area (Å²) in [5.41, 5.74) is 0. The van der Waals surface area contributed by atoms with Crippen LogP contribution in [-0.4, -0.2) is 51.3 Å². The predicted molar refractivity (Wildman–Crippen MR) is 80.5 cm³/mol. The van der Waals surface area contributed by atoms with Gasteiger partial charge < -0.3 is 15.0 Å². The minimum Gasteiger partial charge on any atom is -0.381 e. The van der Waals surface area contributed by atoms with Crippen LogP contribution in [0.2, 0.25) is 0 Å². The molecule has 1 saturated carbocycles. The maximum Gasteiger partial charge on any atom is 0.0506 e. The second-order valence-corrected chi connectivity index (χ2v) is 6.60. The quantitative estimate of drug-likeness (QED) is 0.775. The average molecular weight is 268 g/mol. The van der Waals surface area contributed by atoms with Crippen LogP contribution < -0.4 is 5.32 Å². The third-order valence-electron chi connectivity index (χ3n) is 4.90. The molecule has 0 aromatic heterocycles. The van der Waals surface area contributed by atoms with E-state index in [9.17, 15) is 0 Å². The van der Waals surface area contributed by atoms with Crippen LogP contribution in [0.15, 0.2) is 0 Å². The van der Waals surface area contributed by atoms with E-state index in [0.717, 1.165) is 31.1 Å². The topological polar surface area (TPSA) is 24.5 Å². The van der Waals surface area contributed by atoms with Gasteiger partial charge in [0.2, 0.25) is 0 Å². The zero-order valence-electron chi connectivity index (χ0n) is 12.9. The molecule has 1 aliphatic carbocycles. The molecule has 0 amide bonds. The van der Waals surface area contributed by atoms with E-state index < -0.39 is 0 Å². The summed E-state index contributed by atoms with van der Waals surface area (Å²) in [4.78, 5) is 2.56. The zero-order chi connectivity index (χ0) is 13.5. The molecule has 2 fully saturated rings. The Balaban J connectivity index is 1.76. The Labute approximate surface area is 119 Å². The predicted octanol–water partition coefficient (Wildman–Crippen LogP) is 2.51. The van der Waals surface area contributed by atoms with Crippen molar-refractivity contribution in [3.8, 4) is 0 Å². The molecular weight excluding hydrogens is 236 g/mol. The fourth-order valence-corrected chi connectivity index (χ4v) is 3.85. The molecule has 0 bridgehead atoms. The van der Waals surface area contributed by atoms with Crippen molar-refractivity contribution in [2.75, 3.05) is 40.4 Å². The summed E-state index contributed by atoms with van der Waals surface area (Å²) in [6.45, 7) is 4.42. The summed E-state index contributed by atoms with van der Waals surface area (Å²) in [7, 11) is 4.43. The van der Waals surface area contributed by atoms with Gasteiger partial charge in [0, 0.05) is 25.7 Å². The summed E-state index contributed by atoms with van der Waals surface area (Å²) in [6.07, 6.45) is 9.62. The number of nitrogens with one attached hydrogen (secondary N) is 1. The second-order valence-electron chi connectivity index (χ2n) is 6.60. The highest BCUT2D eigenvalue weighted by Gasteiger charge is 2.24. The smallest absolute Gasteiger partial charge is 0.0506 e. The maximum absolute atomic E-state index is 5.60. The molecule has 1 saturated heterocycles. The zero-order valence-corrected chi connectivity index (χ0v) is 12.9. The van der Waals surface area contributed by atoms with Gasteiger partial charge in [-0.25, -0.2) is 0 Å². The van der Waals surface area contributed by atoms with Crippen molar-refractivity contribution in [2.24, 2.45) is 11.8 Å². The number of hydrogen-bond acceptors (Lipinski definition) is 3. The molecule has 3 heteroatoms. The molecule has 0 spiro atoms. The van der Waals surface area contributed by atoms with Crippen LogP contribution in [0.1, 0.15) is 44.9 Å². The third-order valence-corrected chi connectivity index (χ3v) is 4.90. The number of ether oxygens (including phenoxy) is 1. The van der Waals surface area contributed by atoms with E-state index in [1.807, 2.05) is 0 Å². The van der Waals surface area contributed by atoms with Crippen LogP contribution in [0.4, 0.5) is 0 Å². The Bertz CT molecular complexity index is 241. The fourth-order valence-electron chi connectivity index (χ4n) is 3.85. The molecule has 2 rings (SSSR count). The minimum absolute atomic E-state index is 0.729. The van der Waals surface area contributed by atoms with Crippen molar-refractivity contribution in [1.29, 1.82) is 0 Å². The van der Waals surface area contributed by atoms with Gasteiger partial charge in [-0.1, -0.05) is 19.3 Å². The molecule has 3 atom stereocenters. The second kappa shape index (κ2) is 8.23. The van der Waals surface area contributed by atoms with E-state index >= 15 is 0 Å². The lowest BCUT2D eigenvalue weighted by molar-refractivity contribution is 0.0392. The Hall–Kier alpha value is -0.120. The monoisotopic (exact) mass is 268 g/mol. The SMILES string of the molecule is CNC1CCCCCC1CN(C)CC1CCCOC1. The van der Waals surface area contributed by atoms with Gasteiger partial charge >= 0.3 is 0 Å². The highest BCUT2D eigenvalue weighted by atomic mass is 16.5. The molecule has 3 unspecified atom stereocenters. The minimum atomic E-state index is 0.729. The summed E-state index contributed by atoms with van der Waals surface area (Å²) in [5.74, 6) is 1.60. The van der Waals surface area contributed by atoms with E-state index in [1.54, 1.807) is 0 Å². The van der Waals surface area contributed by atoms with E-state index in [2.05, 4.69) is 24.3 Å². The maximum atomic E-state index is 5.60. The van der Waals surface area contributed by atoms with Crippen molar-refractivity contribution in [3.63, 3.8) is 0 Å². The summed E-state index contributed by atoms with van der Waals surface area (Å²) < 4.78 is 5.60. The van der Waals surface area contributed by atoms with E-state index in [4.69, 9.17) is 4.74 Å². The normalized spacial score (nSPS) is 33.3. The largest absolute Gasteiger partial charge is 0.381 e. The van der Waals surface area contributed by atoms with E-state index in [0.29, 0.717) is 0 Å². The lowest BCUT2D eigenvalue weighted by Gasteiger charge is -2.32. The van der Waals surface area contributed by atoms with Crippen LogP contribution in [0.3, 0.4) is 0 Å². The number of hydrogen-bond donors (Lipinski definition) is 1. The van der Waals surface area contributed by atoms with Crippen molar-refractivity contribution in [1.82, 2.24) is 10.2 Å². The first-order valence-electron chi connectivity index (χ1n) is 8.23. The lowest BCUT2D eigenvalue weighted by atomic mass is 9.93. The third kappa shape index (κ3) is 5.05. The molecule has 3 nitrogen and oxygen atoms in total. The standard InChI is InChI=1S/C16H32N2O/c1-17-16-9-5-3-4-8-15(16)12-18(2)11-14-7-6-10-19-13-14/h14-17H,3-13H2,1-2H3. The first kappa shape index (κ1) is 15.3. The number of nitrogens with zero attached hydrogens (tertiary/aromatic N) is 1. The molecule has 112 valence electrons. The lowest BCUT2D eigenvalue weighted by Crippen LogP contribution is -2.41. The number of rotatable bonds is 5. The molecule has 0 aromatic rings. The Morgan fingerprint density at radius 1 is 1.05 bits per heavy atom. The molecule has 1 aliphatic heterocycles. The first-order chi connectivity index (χ1) is 9.29. The van der Waals surface area contributed by atoms with Crippen LogP contribution in [0, 0.1) is 11.8 Å². The molecule has 2 aliphatic rings. The molecule has 0 aromatic carbocycles. The van der Waals surface area contributed by atoms with Crippen molar-refractivity contribution < 1.29 is 4.74 Å². The summed E-state index contributed by atoms with van der Waals surface area (Å²) in [5, 5.41) is 3.55. The summed E-state index contributed by atoms with van der Waals surface area (Å²) >= 11 is 0. The highest BCUT2D eigenvalue weighted by molar-refractivity contribution is 4.81. The van der Waals surface area contributed by atoms with Gasteiger partial charge in [-0.2, -0.15) is 0 Å². The average Bonchev–Trinajstić information content (AvgIpc) is 2.64. The van der Waals surface area contributed by atoms with Crippen LogP contribution in [-0.2, 0) is 4.74 Å². The van der Waals surface area contributed by atoms with Gasteiger partial charge in [-0.05, 0) is 51.6 Å². The highest BCUT2D eigenvalue weighted by Crippen LogP contribution is 2.24. The van der Waals surface area contributed by atoms with Gasteiger partial charge in [0.1, 0.15) is 0 Å². The van der Waals surface area contributed by atoms with E-state index in [-0.39, 0.29) is 0 Å². The van der Waals surface area contributed by atoms with Gasteiger partial charge in [-0.3, -0.25) is 0 Å². The molecule has 1 N–H and O–H groups in total. The fraction of sp³-hybridized carbons (Fsp3) is 1.00. The molecule has 1 heterocycles.